The predicted molar refractivity (Wildman–Crippen MR) is 77.9 cm³/mol. The van der Waals surface area contributed by atoms with E-state index in [0.29, 0.717) is 32.5 Å². The zero-order valence-corrected chi connectivity index (χ0v) is 12.2. The SMILES string of the molecule is CN(CCc1ccccn1)C(=O)N1CCC[C@H](C(=O)O)C1. The van der Waals surface area contributed by atoms with Crippen molar-refractivity contribution in [2.45, 2.75) is 19.3 Å². The van der Waals surface area contributed by atoms with Gasteiger partial charge in [0.15, 0.2) is 0 Å². The van der Waals surface area contributed by atoms with E-state index in [1.165, 1.54) is 0 Å². The summed E-state index contributed by atoms with van der Waals surface area (Å²) in [5, 5.41) is 9.07. The fraction of sp³-hybridized carbons (Fsp3) is 0.533. The van der Waals surface area contributed by atoms with E-state index in [4.69, 9.17) is 5.11 Å². The van der Waals surface area contributed by atoms with Crippen LogP contribution in [0.4, 0.5) is 4.79 Å². The van der Waals surface area contributed by atoms with Gasteiger partial charge in [0.2, 0.25) is 0 Å². The summed E-state index contributed by atoms with van der Waals surface area (Å²) in [7, 11) is 1.75. The van der Waals surface area contributed by atoms with Gasteiger partial charge in [-0.2, -0.15) is 0 Å². The van der Waals surface area contributed by atoms with Crippen molar-refractivity contribution < 1.29 is 14.7 Å². The number of pyridine rings is 1. The Morgan fingerprint density at radius 2 is 2.29 bits per heavy atom. The summed E-state index contributed by atoms with van der Waals surface area (Å²) in [5.41, 5.74) is 0.944. The lowest BCUT2D eigenvalue weighted by Crippen LogP contribution is -2.48. The van der Waals surface area contributed by atoms with Gasteiger partial charge in [-0.25, -0.2) is 4.79 Å². The summed E-state index contributed by atoms with van der Waals surface area (Å²) in [6, 6.07) is 5.61. The number of hydrogen-bond donors (Lipinski definition) is 1. The largest absolute Gasteiger partial charge is 0.481 e. The molecule has 0 unspecified atom stereocenters. The van der Waals surface area contributed by atoms with Crippen molar-refractivity contribution in [2.75, 3.05) is 26.7 Å². The molecule has 1 aromatic rings. The summed E-state index contributed by atoms with van der Waals surface area (Å²) >= 11 is 0. The van der Waals surface area contributed by atoms with Gasteiger partial charge in [-0.15, -0.1) is 0 Å². The molecule has 1 atom stereocenters. The van der Waals surface area contributed by atoms with Crippen molar-refractivity contribution in [1.82, 2.24) is 14.8 Å². The van der Waals surface area contributed by atoms with Crippen LogP contribution in [0.3, 0.4) is 0 Å². The van der Waals surface area contributed by atoms with E-state index in [2.05, 4.69) is 4.98 Å². The molecule has 1 saturated heterocycles. The highest BCUT2D eigenvalue weighted by Crippen LogP contribution is 2.17. The molecule has 0 bridgehead atoms. The van der Waals surface area contributed by atoms with E-state index in [9.17, 15) is 9.59 Å². The lowest BCUT2D eigenvalue weighted by molar-refractivity contribution is -0.143. The highest BCUT2D eigenvalue weighted by Gasteiger charge is 2.29. The summed E-state index contributed by atoms with van der Waals surface area (Å²) < 4.78 is 0. The molecule has 2 heterocycles. The molecule has 21 heavy (non-hydrogen) atoms. The zero-order valence-electron chi connectivity index (χ0n) is 12.2. The highest BCUT2D eigenvalue weighted by atomic mass is 16.4. The molecular weight excluding hydrogens is 270 g/mol. The van der Waals surface area contributed by atoms with Gasteiger partial charge in [0.25, 0.3) is 0 Å². The number of aromatic nitrogens is 1. The van der Waals surface area contributed by atoms with Gasteiger partial charge in [0.05, 0.1) is 5.92 Å². The average molecular weight is 291 g/mol. The summed E-state index contributed by atoms with van der Waals surface area (Å²) in [4.78, 5) is 30.9. The number of rotatable bonds is 4. The first kappa shape index (κ1) is 15.3. The number of amides is 2. The number of carboxylic acids is 1. The minimum Gasteiger partial charge on any atom is -0.481 e. The van der Waals surface area contributed by atoms with Crippen molar-refractivity contribution in [3.8, 4) is 0 Å². The molecule has 1 N–H and O–H groups in total. The van der Waals surface area contributed by atoms with Crippen LogP contribution in [0.15, 0.2) is 24.4 Å². The van der Waals surface area contributed by atoms with Crippen molar-refractivity contribution in [1.29, 1.82) is 0 Å². The molecule has 1 aliphatic heterocycles. The number of hydrogen-bond acceptors (Lipinski definition) is 3. The average Bonchev–Trinajstić information content (AvgIpc) is 2.53. The Balaban J connectivity index is 1.85. The van der Waals surface area contributed by atoms with Gasteiger partial charge in [-0.1, -0.05) is 6.07 Å². The third-order valence-corrected chi connectivity index (χ3v) is 3.80. The quantitative estimate of drug-likeness (QED) is 0.911. The number of carboxylic acid groups (broad SMARTS) is 1. The number of likely N-dealkylation sites (tertiary alicyclic amines) is 1. The Kier molecular flexibility index (Phi) is 5.14. The Morgan fingerprint density at radius 3 is 2.95 bits per heavy atom. The normalized spacial score (nSPS) is 18.3. The molecule has 1 aromatic heterocycles. The second-order valence-corrected chi connectivity index (χ2v) is 5.40. The number of urea groups is 1. The van der Waals surface area contributed by atoms with E-state index in [-0.39, 0.29) is 6.03 Å². The first-order valence-corrected chi connectivity index (χ1v) is 7.20. The molecule has 6 nitrogen and oxygen atoms in total. The minimum atomic E-state index is -0.816. The minimum absolute atomic E-state index is 0.100. The number of nitrogens with zero attached hydrogens (tertiary/aromatic N) is 3. The maximum atomic E-state index is 12.3. The summed E-state index contributed by atoms with van der Waals surface area (Å²) in [6.07, 6.45) is 3.83. The fourth-order valence-electron chi connectivity index (χ4n) is 2.52. The zero-order chi connectivity index (χ0) is 15.2. The van der Waals surface area contributed by atoms with Crippen molar-refractivity contribution in [3.05, 3.63) is 30.1 Å². The van der Waals surface area contributed by atoms with Gasteiger partial charge in [-0.05, 0) is 25.0 Å². The lowest BCUT2D eigenvalue weighted by Gasteiger charge is -2.33. The van der Waals surface area contributed by atoms with Gasteiger partial charge >= 0.3 is 12.0 Å². The van der Waals surface area contributed by atoms with E-state index in [1.54, 1.807) is 23.0 Å². The molecule has 0 spiro atoms. The van der Waals surface area contributed by atoms with Crippen LogP contribution >= 0.6 is 0 Å². The Labute approximate surface area is 124 Å². The smallest absolute Gasteiger partial charge is 0.319 e. The first-order valence-electron chi connectivity index (χ1n) is 7.20. The van der Waals surface area contributed by atoms with Crippen molar-refractivity contribution in [3.63, 3.8) is 0 Å². The molecule has 0 aromatic carbocycles. The Morgan fingerprint density at radius 1 is 1.48 bits per heavy atom. The maximum Gasteiger partial charge on any atom is 0.319 e. The highest BCUT2D eigenvalue weighted by molar-refractivity contribution is 5.76. The number of likely N-dealkylation sites (N-methyl/N-ethyl adjacent to an activating group) is 1. The van der Waals surface area contributed by atoms with Crippen LogP contribution in [0.5, 0.6) is 0 Å². The molecule has 1 aliphatic rings. The molecular formula is C15H21N3O3. The van der Waals surface area contributed by atoms with Gasteiger partial charge < -0.3 is 14.9 Å². The number of piperidine rings is 1. The van der Waals surface area contributed by atoms with E-state index < -0.39 is 11.9 Å². The van der Waals surface area contributed by atoms with Crippen LogP contribution in [-0.4, -0.2) is 58.6 Å². The van der Waals surface area contributed by atoms with Crippen LogP contribution < -0.4 is 0 Å². The van der Waals surface area contributed by atoms with Crippen molar-refractivity contribution in [2.24, 2.45) is 5.92 Å². The maximum absolute atomic E-state index is 12.3. The summed E-state index contributed by atoms with van der Waals surface area (Å²) in [5.74, 6) is -1.25. The summed E-state index contributed by atoms with van der Waals surface area (Å²) in [6.45, 7) is 1.52. The van der Waals surface area contributed by atoms with Crippen LogP contribution in [-0.2, 0) is 11.2 Å². The molecule has 0 aliphatic carbocycles. The second-order valence-electron chi connectivity index (χ2n) is 5.40. The monoisotopic (exact) mass is 291 g/mol. The fourth-order valence-corrected chi connectivity index (χ4v) is 2.52. The molecule has 0 saturated carbocycles. The van der Waals surface area contributed by atoms with Gasteiger partial charge in [-0.3, -0.25) is 9.78 Å². The predicted octanol–water partition coefficient (Wildman–Crippen LogP) is 1.47. The number of carbonyl (C=O) groups is 2. The third kappa shape index (κ3) is 4.18. The Hall–Kier alpha value is -2.11. The number of aliphatic carboxylic acids is 1. The van der Waals surface area contributed by atoms with Crippen LogP contribution in [0.2, 0.25) is 0 Å². The number of carbonyl (C=O) groups excluding carboxylic acids is 1. The van der Waals surface area contributed by atoms with Gasteiger partial charge in [0.1, 0.15) is 0 Å². The van der Waals surface area contributed by atoms with Crippen molar-refractivity contribution >= 4 is 12.0 Å². The molecule has 1 fully saturated rings. The Bertz CT molecular complexity index is 492. The van der Waals surface area contributed by atoms with Gasteiger partial charge in [0, 0.05) is 45.0 Å². The lowest BCUT2D eigenvalue weighted by atomic mass is 9.99. The molecule has 2 rings (SSSR count). The van der Waals surface area contributed by atoms with Crippen LogP contribution in [0, 0.1) is 5.92 Å². The van der Waals surface area contributed by atoms with E-state index in [0.717, 1.165) is 12.1 Å². The standard InChI is InChI=1S/C15H21N3O3/c1-17(10-7-13-6-2-3-8-16-13)15(21)18-9-4-5-12(11-18)14(19)20/h2-3,6,8,12H,4-5,7,9-11H2,1H3,(H,19,20)/t12-/m0/s1. The van der Waals surface area contributed by atoms with Crippen LogP contribution in [0.1, 0.15) is 18.5 Å². The third-order valence-electron chi connectivity index (χ3n) is 3.80. The van der Waals surface area contributed by atoms with Crippen LogP contribution in [0.25, 0.3) is 0 Å². The molecule has 0 radical (unpaired) electrons. The van der Waals surface area contributed by atoms with E-state index >= 15 is 0 Å². The van der Waals surface area contributed by atoms with E-state index in [1.807, 2.05) is 18.2 Å². The topological polar surface area (TPSA) is 73.7 Å². The molecule has 114 valence electrons. The molecule has 6 heteroatoms. The second kappa shape index (κ2) is 7.06. The first-order chi connectivity index (χ1) is 10.1. The molecule has 2 amide bonds.